The molecule has 0 spiro atoms. The monoisotopic (exact) mass is 289 g/mol. The van der Waals surface area contributed by atoms with Gasteiger partial charge in [-0.3, -0.25) is 9.58 Å². The molecule has 1 aromatic heterocycles. The minimum absolute atomic E-state index is 0.261. The third-order valence-electron chi connectivity index (χ3n) is 3.87. The van der Waals surface area contributed by atoms with Crippen LogP contribution in [0.2, 0.25) is 5.02 Å². The van der Waals surface area contributed by atoms with Crippen LogP contribution in [0.25, 0.3) is 0 Å². The Hall–Kier alpha value is -0.250. The van der Waals surface area contributed by atoms with Gasteiger partial charge in [-0.15, -0.1) is 11.6 Å². The first-order chi connectivity index (χ1) is 8.50. The maximum absolute atomic E-state index is 6.43. The van der Waals surface area contributed by atoms with Crippen molar-refractivity contribution in [3.63, 3.8) is 0 Å². The molecule has 5 heteroatoms. The Morgan fingerprint density at radius 3 is 2.61 bits per heavy atom. The van der Waals surface area contributed by atoms with E-state index in [0.29, 0.717) is 6.04 Å². The third-order valence-corrected chi connectivity index (χ3v) is 4.87. The molecule has 1 aliphatic carbocycles. The molecule has 2 unspecified atom stereocenters. The van der Waals surface area contributed by atoms with Gasteiger partial charge >= 0.3 is 0 Å². The molecule has 0 radical (unpaired) electrons. The lowest BCUT2D eigenvalue weighted by atomic mass is 9.94. The first-order valence-corrected chi connectivity index (χ1v) is 7.34. The molecule has 0 bridgehead atoms. The van der Waals surface area contributed by atoms with Crippen LogP contribution in [0.4, 0.5) is 0 Å². The number of rotatable bonds is 3. The van der Waals surface area contributed by atoms with Gasteiger partial charge in [-0.1, -0.05) is 24.4 Å². The quantitative estimate of drug-likeness (QED) is 0.796. The molecule has 0 N–H and O–H groups in total. The molecule has 0 amide bonds. The van der Waals surface area contributed by atoms with Crippen LogP contribution < -0.4 is 0 Å². The molecule has 3 nitrogen and oxygen atoms in total. The van der Waals surface area contributed by atoms with E-state index < -0.39 is 0 Å². The maximum Gasteiger partial charge on any atom is 0.0860 e. The summed E-state index contributed by atoms with van der Waals surface area (Å²) >= 11 is 12.7. The van der Waals surface area contributed by atoms with Crippen molar-refractivity contribution in [3.05, 3.63) is 16.4 Å². The van der Waals surface area contributed by atoms with Crippen LogP contribution in [0.3, 0.4) is 0 Å². The highest BCUT2D eigenvalue weighted by atomic mass is 35.5. The zero-order valence-corrected chi connectivity index (χ0v) is 12.8. The van der Waals surface area contributed by atoms with E-state index in [1.54, 1.807) is 0 Å². The molecule has 2 atom stereocenters. The normalized spacial score (nSPS) is 24.8. The summed E-state index contributed by atoms with van der Waals surface area (Å²) in [7, 11) is 4.07. The summed E-state index contributed by atoms with van der Waals surface area (Å²) in [6.45, 7) is 2.75. The minimum Gasteiger partial charge on any atom is -0.296 e. The van der Waals surface area contributed by atoms with Crippen molar-refractivity contribution in [2.75, 3.05) is 7.05 Å². The van der Waals surface area contributed by atoms with E-state index in [9.17, 15) is 0 Å². The first-order valence-electron chi connectivity index (χ1n) is 6.53. The smallest absolute Gasteiger partial charge is 0.0860 e. The summed E-state index contributed by atoms with van der Waals surface area (Å²) in [5.41, 5.74) is 1.97. The van der Waals surface area contributed by atoms with Gasteiger partial charge in [0.1, 0.15) is 0 Å². The third kappa shape index (κ3) is 2.84. The summed E-state index contributed by atoms with van der Waals surface area (Å²) in [6, 6.07) is 0.451. The molecule has 1 saturated carbocycles. The molecule has 1 aromatic rings. The van der Waals surface area contributed by atoms with Crippen LogP contribution in [0.5, 0.6) is 0 Å². The number of aromatic nitrogens is 2. The molecule has 2 rings (SSSR count). The van der Waals surface area contributed by atoms with Gasteiger partial charge in [0.2, 0.25) is 0 Å². The fourth-order valence-corrected chi connectivity index (χ4v) is 3.46. The lowest BCUT2D eigenvalue weighted by Crippen LogP contribution is -2.40. The Labute approximate surface area is 119 Å². The molecule has 102 valence electrons. The highest BCUT2D eigenvalue weighted by Gasteiger charge is 2.27. The van der Waals surface area contributed by atoms with Crippen LogP contribution in [-0.4, -0.2) is 33.1 Å². The minimum atomic E-state index is 0.261. The largest absolute Gasteiger partial charge is 0.296 e. The van der Waals surface area contributed by atoms with Crippen LogP contribution in [0.1, 0.15) is 37.1 Å². The number of hydrogen-bond donors (Lipinski definition) is 0. The van der Waals surface area contributed by atoms with Crippen molar-refractivity contribution < 1.29 is 0 Å². The van der Waals surface area contributed by atoms with Crippen molar-refractivity contribution in [2.24, 2.45) is 7.05 Å². The van der Waals surface area contributed by atoms with E-state index in [4.69, 9.17) is 23.2 Å². The van der Waals surface area contributed by atoms with Crippen LogP contribution >= 0.6 is 23.2 Å². The van der Waals surface area contributed by atoms with Crippen molar-refractivity contribution >= 4 is 23.2 Å². The predicted molar refractivity (Wildman–Crippen MR) is 76.3 cm³/mol. The first kappa shape index (κ1) is 14.2. The standard InChI is InChI=1S/C13H21Cl2N3/c1-9-13(15)12(18(3)16-9)8-17(2)11-7-5-4-6-10(11)14/h10-11H,4-8H2,1-3H3. The van der Waals surface area contributed by atoms with E-state index in [1.807, 2.05) is 18.7 Å². The lowest BCUT2D eigenvalue weighted by Gasteiger charge is -2.34. The van der Waals surface area contributed by atoms with Gasteiger partial charge in [0, 0.05) is 25.0 Å². The number of aryl methyl sites for hydroxylation is 2. The Balaban J connectivity index is 2.08. The van der Waals surface area contributed by atoms with Gasteiger partial charge < -0.3 is 0 Å². The molecular formula is C13H21Cl2N3. The fraction of sp³-hybridized carbons (Fsp3) is 0.769. The number of hydrogen-bond acceptors (Lipinski definition) is 2. The van der Waals surface area contributed by atoms with Crippen molar-refractivity contribution in [1.29, 1.82) is 0 Å². The molecule has 1 fully saturated rings. The highest BCUT2D eigenvalue weighted by Crippen LogP contribution is 2.29. The second-order valence-corrected chi connectivity index (χ2v) is 6.19. The zero-order chi connectivity index (χ0) is 13.3. The van der Waals surface area contributed by atoms with E-state index in [0.717, 1.165) is 29.4 Å². The average molecular weight is 290 g/mol. The van der Waals surface area contributed by atoms with E-state index in [2.05, 4.69) is 17.0 Å². The Morgan fingerprint density at radius 2 is 2.06 bits per heavy atom. The highest BCUT2D eigenvalue weighted by molar-refractivity contribution is 6.31. The average Bonchev–Trinajstić information content (AvgIpc) is 2.56. The van der Waals surface area contributed by atoms with Crippen molar-refractivity contribution in [3.8, 4) is 0 Å². The zero-order valence-electron chi connectivity index (χ0n) is 11.3. The predicted octanol–water partition coefficient (Wildman–Crippen LogP) is 3.36. The summed E-state index contributed by atoms with van der Waals surface area (Å²) in [4.78, 5) is 2.32. The summed E-state index contributed by atoms with van der Waals surface area (Å²) in [5.74, 6) is 0. The van der Waals surface area contributed by atoms with E-state index >= 15 is 0 Å². The summed E-state index contributed by atoms with van der Waals surface area (Å²) < 4.78 is 1.88. The Kier molecular flexibility index (Phi) is 4.57. The number of alkyl halides is 1. The van der Waals surface area contributed by atoms with Crippen molar-refractivity contribution in [1.82, 2.24) is 14.7 Å². The van der Waals surface area contributed by atoms with Crippen LogP contribution in [0.15, 0.2) is 0 Å². The van der Waals surface area contributed by atoms with Crippen LogP contribution in [-0.2, 0) is 13.6 Å². The van der Waals surface area contributed by atoms with Gasteiger partial charge in [-0.25, -0.2) is 0 Å². The molecule has 1 aliphatic rings. The van der Waals surface area contributed by atoms with E-state index in [1.165, 1.54) is 19.3 Å². The molecule has 0 saturated heterocycles. The van der Waals surface area contributed by atoms with Gasteiger partial charge in [0.25, 0.3) is 0 Å². The molecule has 0 aliphatic heterocycles. The van der Waals surface area contributed by atoms with Gasteiger partial charge in [-0.05, 0) is 26.8 Å². The van der Waals surface area contributed by atoms with Gasteiger partial charge in [0.05, 0.1) is 16.4 Å². The Morgan fingerprint density at radius 1 is 1.39 bits per heavy atom. The summed E-state index contributed by atoms with van der Waals surface area (Å²) in [6.07, 6.45) is 4.83. The SMILES string of the molecule is Cc1nn(C)c(CN(C)C2CCCCC2Cl)c1Cl. The molecule has 0 aromatic carbocycles. The van der Waals surface area contributed by atoms with Gasteiger partial charge in [-0.2, -0.15) is 5.10 Å². The topological polar surface area (TPSA) is 21.1 Å². The summed E-state index contributed by atoms with van der Waals surface area (Å²) in [5, 5.41) is 5.40. The maximum atomic E-state index is 6.43. The second kappa shape index (κ2) is 5.81. The molecule has 18 heavy (non-hydrogen) atoms. The number of halogens is 2. The molecule has 1 heterocycles. The fourth-order valence-electron chi connectivity index (χ4n) is 2.77. The van der Waals surface area contributed by atoms with Crippen molar-refractivity contribution in [2.45, 2.75) is 50.6 Å². The Bertz CT molecular complexity index is 417. The van der Waals surface area contributed by atoms with Crippen LogP contribution in [0, 0.1) is 6.92 Å². The second-order valence-electron chi connectivity index (χ2n) is 5.25. The molecular weight excluding hydrogens is 269 g/mol. The van der Waals surface area contributed by atoms with Gasteiger partial charge in [0.15, 0.2) is 0 Å². The van der Waals surface area contributed by atoms with E-state index in [-0.39, 0.29) is 5.38 Å². The lowest BCUT2D eigenvalue weighted by molar-refractivity contribution is 0.184. The number of nitrogens with zero attached hydrogens (tertiary/aromatic N) is 3.